The zero-order chi connectivity index (χ0) is 15.4. The van der Waals surface area contributed by atoms with Gasteiger partial charge in [0.2, 0.25) is 0 Å². The molecule has 3 heteroatoms. The predicted octanol–water partition coefficient (Wildman–Crippen LogP) is 3.89. The van der Waals surface area contributed by atoms with E-state index in [1.807, 2.05) is 12.1 Å². The van der Waals surface area contributed by atoms with Crippen molar-refractivity contribution in [1.82, 2.24) is 4.90 Å². The van der Waals surface area contributed by atoms with Crippen molar-refractivity contribution in [3.8, 4) is 0 Å². The zero-order valence-electron chi connectivity index (χ0n) is 13.4. The number of carboxylic acids is 1. The van der Waals surface area contributed by atoms with Gasteiger partial charge >= 0.3 is 5.97 Å². The second-order valence-corrected chi connectivity index (χ2v) is 6.55. The van der Waals surface area contributed by atoms with Gasteiger partial charge in [0, 0.05) is 12.6 Å². The highest BCUT2D eigenvalue weighted by atomic mass is 16.4. The van der Waals surface area contributed by atoms with Crippen LogP contribution in [0.3, 0.4) is 0 Å². The minimum atomic E-state index is -0.768. The van der Waals surface area contributed by atoms with Crippen molar-refractivity contribution in [3.05, 3.63) is 35.4 Å². The van der Waals surface area contributed by atoms with Gasteiger partial charge in [0.05, 0.1) is 5.92 Å². The van der Waals surface area contributed by atoms with E-state index in [-0.39, 0.29) is 0 Å². The highest BCUT2D eigenvalue weighted by molar-refractivity contribution is 5.75. The van der Waals surface area contributed by atoms with Crippen LogP contribution in [0.5, 0.6) is 0 Å². The van der Waals surface area contributed by atoms with Crippen LogP contribution in [0.1, 0.15) is 56.6 Å². The largest absolute Gasteiger partial charge is 0.481 e. The maximum absolute atomic E-state index is 11.0. The molecule has 1 fully saturated rings. The molecule has 1 aromatic carbocycles. The SMILES string of the molecule is CC(C(=O)O)c1ccc(CN(C)C2CCCCC2C)cc1. The van der Waals surface area contributed by atoms with E-state index in [2.05, 4.69) is 31.0 Å². The molecular formula is C18H27NO2. The molecule has 0 bridgehead atoms. The number of aliphatic carboxylic acids is 1. The minimum Gasteiger partial charge on any atom is -0.481 e. The molecule has 3 nitrogen and oxygen atoms in total. The first-order valence-electron chi connectivity index (χ1n) is 8.01. The van der Waals surface area contributed by atoms with Gasteiger partial charge < -0.3 is 5.11 Å². The Morgan fingerprint density at radius 1 is 1.29 bits per heavy atom. The molecule has 0 amide bonds. The first kappa shape index (κ1) is 16.0. The lowest BCUT2D eigenvalue weighted by Gasteiger charge is -2.36. The van der Waals surface area contributed by atoms with Crippen LogP contribution in [-0.2, 0) is 11.3 Å². The van der Waals surface area contributed by atoms with E-state index in [0.29, 0.717) is 6.04 Å². The van der Waals surface area contributed by atoms with Crippen LogP contribution in [0.2, 0.25) is 0 Å². The molecule has 0 saturated heterocycles. The summed E-state index contributed by atoms with van der Waals surface area (Å²) in [6.45, 7) is 5.03. The Morgan fingerprint density at radius 2 is 1.90 bits per heavy atom. The molecule has 0 spiro atoms. The Bertz CT molecular complexity index is 469. The Hall–Kier alpha value is -1.35. The minimum absolute atomic E-state index is 0.435. The Morgan fingerprint density at radius 3 is 2.48 bits per heavy atom. The molecule has 0 radical (unpaired) electrons. The first-order chi connectivity index (χ1) is 9.99. The summed E-state index contributed by atoms with van der Waals surface area (Å²) in [5.41, 5.74) is 2.14. The van der Waals surface area contributed by atoms with Crippen molar-refractivity contribution in [2.24, 2.45) is 5.92 Å². The standard InChI is InChI=1S/C18H27NO2/c1-13-6-4-5-7-17(13)19(3)12-15-8-10-16(11-9-15)14(2)18(20)21/h8-11,13-14,17H,4-7,12H2,1-3H3,(H,20,21). The fourth-order valence-corrected chi connectivity index (χ4v) is 3.41. The summed E-state index contributed by atoms with van der Waals surface area (Å²) in [6.07, 6.45) is 5.34. The van der Waals surface area contributed by atoms with Gasteiger partial charge in [-0.1, -0.05) is 44.0 Å². The molecule has 3 unspecified atom stereocenters. The van der Waals surface area contributed by atoms with Gasteiger partial charge in [0.25, 0.3) is 0 Å². The third kappa shape index (κ3) is 4.07. The van der Waals surface area contributed by atoms with Crippen molar-refractivity contribution < 1.29 is 9.90 Å². The van der Waals surface area contributed by atoms with Crippen LogP contribution in [0.4, 0.5) is 0 Å². The second kappa shape index (κ2) is 7.08. The maximum atomic E-state index is 11.0. The smallest absolute Gasteiger partial charge is 0.310 e. The number of hydrogen-bond donors (Lipinski definition) is 1. The van der Waals surface area contributed by atoms with E-state index in [4.69, 9.17) is 5.11 Å². The maximum Gasteiger partial charge on any atom is 0.310 e. The van der Waals surface area contributed by atoms with Crippen LogP contribution in [0.15, 0.2) is 24.3 Å². The molecule has 0 aromatic heterocycles. The fourth-order valence-electron chi connectivity index (χ4n) is 3.41. The Labute approximate surface area is 128 Å². The molecular weight excluding hydrogens is 262 g/mol. The lowest BCUT2D eigenvalue weighted by atomic mass is 9.85. The van der Waals surface area contributed by atoms with Gasteiger partial charge in [-0.25, -0.2) is 0 Å². The monoisotopic (exact) mass is 289 g/mol. The molecule has 21 heavy (non-hydrogen) atoms. The van der Waals surface area contributed by atoms with E-state index in [1.54, 1.807) is 6.92 Å². The summed E-state index contributed by atoms with van der Waals surface area (Å²) in [5.74, 6) is -0.430. The third-order valence-electron chi connectivity index (χ3n) is 4.91. The topological polar surface area (TPSA) is 40.5 Å². The number of hydrogen-bond acceptors (Lipinski definition) is 2. The van der Waals surface area contributed by atoms with Crippen molar-refractivity contribution >= 4 is 5.97 Å². The van der Waals surface area contributed by atoms with Crippen molar-refractivity contribution in [3.63, 3.8) is 0 Å². The summed E-state index contributed by atoms with van der Waals surface area (Å²) in [7, 11) is 2.21. The molecule has 116 valence electrons. The van der Waals surface area contributed by atoms with E-state index in [9.17, 15) is 4.79 Å². The van der Waals surface area contributed by atoms with Crippen LogP contribution < -0.4 is 0 Å². The van der Waals surface area contributed by atoms with E-state index >= 15 is 0 Å². The van der Waals surface area contributed by atoms with Crippen LogP contribution >= 0.6 is 0 Å². The number of rotatable bonds is 5. The molecule has 1 saturated carbocycles. The first-order valence-corrected chi connectivity index (χ1v) is 8.01. The van der Waals surface area contributed by atoms with Gasteiger partial charge in [0.1, 0.15) is 0 Å². The third-order valence-corrected chi connectivity index (χ3v) is 4.91. The average molecular weight is 289 g/mol. The van der Waals surface area contributed by atoms with E-state index in [1.165, 1.54) is 31.2 Å². The van der Waals surface area contributed by atoms with Gasteiger partial charge in [0.15, 0.2) is 0 Å². The van der Waals surface area contributed by atoms with Crippen LogP contribution in [-0.4, -0.2) is 29.1 Å². The molecule has 1 aromatic rings. The van der Waals surface area contributed by atoms with E-state index < -0.39 is 11.9 Å². The van der Waals surface area contributed by atoms with Gasteiger partial charge in [-0.05, 0) is 43.9 Å². The Kier molecular flexibility index (Phi) is 5.40. The number of nitrogens with zero attached hydrogens (tertiary/aromatic N) is 1. The number of carbonyl (C=O) groups is 1. The van der Waals surface area contributed by atoms with Crippen molar-refractivity contribution in [2.45, 2.75) is 58.0 Å². The van der Waals surface area contributed by atoms with Crippen LogP contribution in [0, 0.1) is 5.92 Å². The van der Waals surface area contributed by atoms with Gasteiger partial charge in [-0.3, -0.25) is 9.69 Å². The fraction of sp³-hybridized carbons (Fsp3) is 0.611. The summed E-state index contributed by atoms with van der Waals surface area (Å²) < 4.78 is 0. The average Bonchev–Trinajstić information content (AvgIpc) is 2.47. The number of benzene rings is 1. The Balaban J connectivity index is 1.98. The summed E-state index contributed by atoms with van der Waals surface area (Å²) in [4.78, 5) is 13.5. The van der Waals surface area contributed by atoms with Crippen LogP contribution in [0.25, 0.3) is 0 Å². The molecule has 3 atom stereocenters. The highest BCUT2D eigenvalue weighted by Gasteiger charge is 2.24. The normalized spacial score (nSPS) is 24.0. The highest BCUT2D eigenvalue weighted by Crippen LogP contribution is 2.28. The van der Waals surface area contributed by atoms with Gasteiger partial charge in [-0.2, -0.15) is 0 Å². The molecule has 1 aliphatic rings. The van der Waals surface area contributed by atoms with Crippen molar-refractivity contribution in [2.75, 3.05) is 7.05 Å². The van der Waals surface area contributed by atoms with E-state index in [0.717, 1.165) is 18.0 Å². The number of carboxylic acid groups (broad SMARTS) is 1. The zero-order valence-corrected chi connectivity index (χ0v) is 13.4. The second-order valence-electron chi connectivity index (χ2n) is 6.55. The molecule has 0 aliphatic heterocycles. The molecule has 1 N–H and O–H groups in total. The lowest BCUT2D eigenvalue weighted by Crippen LogP contribution is -2.38. The lowest BCUT2D eigenvalue weighted by molar-refractivity contribution is -0.138. The molecule has 0 heterocycles. The van der Waals surface area contributed by atoms with Crippen molar-refractivity contribution in [1.29, 1.82) is 0 Å². The quantitative estimate of drug-likeness (QED) is 0.894. The molecule has 1 aliphatic carbocycles. The summed E-state index contributed by atoms with van der Waals surface area (Å²) in [5, 5.41) is 9.04. The summed E-state index contributed by atoms with van der Waals surface area (Å²) in [6, 6.07) is 8.71. The molecule has 2 rings (SSSR count). The predicted molar refractivity (Wildman–Crippen MR) is 85.4 cm³/mol. The summed E-state index contributed by atoms with van der Waals surface area (Å²) >= 11 is 0. The van der Waals surface area contributed by atoms with Gasteiger partial charge in [-0.15, -0.1) is 0 Å².